The average molecular weight is 356 g/mol. The first-order valence-corrected chi connectivity index (χ1v) is 10.1. The van der Waals surface area contributed by atoms with Crippen LogP contribution in [0.2, 0.25) is 0 Å². The molecule has 140 valence electrons. The number of aromatic nitrogens is 1. The highest BCUT2D eigenvalue weighted by Gasteiger charge is 2.56. The zero-order valence-corrected chi connectivity index (χ0v) is 15.3. The van der Waals surface area contributed by atoms with Gasteiger partial charge in [-0.1, -0.05) is 6.42 Å². The zero-order chi connectivity index (χ0) is 17.7. The van der Waals surface area contributed by atoms with Crippen LogP contribution in [-0.2, 0) is 13.0 Å². The maximum Gasteiger partial charge on any atom is 0.276 e. The molecule has 6 nitrogen and oxygen atoms in total. The molecular formula is C20H28N4O2. The van der Waals surface area contributed by atoms with Gasteiger partial charge in [0.05, 0.1) is 11.3 Å². The fraction of sp³-hybridized carbons (Fsp3) is 0.700. The second kappa shape index (κ2) is 6.29. The molecule has 0 radical (unpaired) electrons. The van der Waals surface area contributed by atoms with Crippen molar-refractivity contribution >= 4 is 5.91 Å². The van der Waals surface area contributed by atoms with Crippen LogP contribution >= 0.6 is 0 Å². The SMILES string of the molecule is O=C(NO)c1cnc2c(c1)CCN([C@@H]1CC[C@@]13CCCCN3C1CC1)C2. The molecule has 5 rings (SSSR count). The van der Waals surface area contributed by atoms with Crippen LogP contribution < -0.4 is 5.48 Å². The Morgan fingerprint density at radius 2 is 2.12 bits per heavy atom. The van der Waals surface area contributed by atoms with Crippen LogP contribution in [0.1, 0.15) is 66.6 Å². The molecule has 0 aromatic carbocycles. The smallest absolute Gasteiger partial charge is 0.276 e. The Kier molecular flexibility index (Phi) is 4.03. The van der Waals surface area contributed by atoms with Crippen LogP contribution in [0.15, 0.2) is 12.3 Å². The molecule has 2 atom stereocenters. The molecule has 3 fully saturated rings. The first-order valence-electron chi connectivity index (χ1n) is 10.1. The molecule has 1 saturated heterocycles. The summed E-state index contributed by atoms with van der Waals surface area (Å²) in [5.41, 5.74) is 4.81. The van der Waals surface area contributed by atoms with Gasteiger partial charge in [0, 0.05) is 36.9 Å². The normalized spacial score (nSPS) is 32.1. The number of carbonyl (C=O) groups excluding carboxylic acids is 1. The molecule has 26 heavy (non-hydrogen) atoms. The van der Waals surface area contributed by atoms with Crippen molar-refractivity contribution in [2.75, 3.05) is 13.1 Å². The lowest BCUT2D eigenvalue weighted by molar-refractivity contribution is -0.104. The van der Waals surface area contributed by atoms with Crippen molar-refractivity contribution < 1.29 is 10.0 Å². The van der Waals surface area contributed by atoms with Gasteiger partial charge in [-0.3, -0.25) is 24.8 Å². The predicted molar refractivity (Wildman–Crippen MR) is 96.9 cm³/mol. The van der Waals surface area contributed by atoms with Gasteiger partial charge in [-0.15, -0.1) is 0 Å². The van der Waals surface area contributed by atoms with Crippen LogP contribution in [0, 0.1) is 0 Å². The van der Waals surface area contributed by atoms with Crippen molar-refractivity contribution in [3.8, 4) is 0 Å². The summed E-state index contributed by atoms with van der Waals surface area (Å²) in [7, 11) is 0. The molecule has 2 saturated carbocycles. The summed E-state index contributed by atoms with van der Waals surface area (Å²) in [6.45, 7) is 3.23. The van der Waals surface area contributed by atoms with Gasteiger partial charge in [-0.05, 0) is 63.1 Å². The Hall–Kier alpha value is -1.50. The Morgan fingerprint density at radius 1 is 1.23 bits per heavy atom. The Balaban J connectivity index is 1.35. The van der Waals surface area contributed by atoms with Gasteiger partial charge in [0.25, 0.3) is 5.91 Å². The number of likely N-dealkylation sites (tertiary alicyclic amines) is 1. The minimum absolute atomic E-state index is 0.424. The number of nitrogens with zero attached hydrogens (tertiary/aromatic N) is 3. The van der Waals surface area contributed by atoms with E-state index in [9.17, 15) is 4.79 Å². The van der Waals surface area contributed by atoms with Crippen LogP contribution in [0.3, 0.4) is 0 Å². The Morgan fingerprint density at radius 3 is 2.85 bits per heavy atom. The number of piperidine rings is 1. The van der Waals surface area contributed by atoms with E-state index in [1.54, 1.807) is 11.7 Å². The van der Waals surface area contributed by atoms with E-state index in [0.29, 0.717) is 17.1 Å². The summed E-state index contributed by atoms with van der Waals surface area (Å²) in [6.07, 6.45) is 12.1. The summed E-state index contributed by atoms with van der Waals surface area (Å²) in [6, 6.07) is 3.41. The largest absolute Gasteiger partial charge is 0.293 e. The number of hydrogen-bond donors (Lipinski definition) is 2. The van der Waals surface area contributed by atoms with Gasteiger partial charge in [-0.25, -0.2) is 5.48 Å². The quantitative estimate of drug-likeness (QED) is 0.641. The van der Waals surface area contributed by atoms with E-state index < -0.39 is 5.91 Å². The molecule has 1 spiro atoms. The molecule has 1 aromatic heterocycles. The molecular weight excluding hydrogens is 328 g/mol. The minimum atomic E-state index is -0.483. The molecule has 2 aliphatic heterocycles. The molecule has 2 N–H and O–H groups in total. The van der Waals surface area contributed by atoms with Crippen molar-refractivity contribution in [3.63, 3.8) is 0 Å². The summed E-state index contributed by atoms with van der Waals surface area (Å²) in [4.78, 5) is 21.7. The highest BCUT2D eigenvalue weighted by Crippen LogP contribution is 2.51. The lowest BCUT2D eigenvalue weighted by atomic mass is 9.64. The molecule has 0 unspecified atom stereocenters. The van der Waals surface area contributed by atoms with E-state index in [4.69, 9.17) is 5.21 Å². The first-order chi connectivity index (χ1) is 12.7. The number of hydrogen-bond acceptors (Lipinski definition) is 5. The number of hydroxylamine groups is 1. The molecule has 2 aliphatic carbocycles. The number of pyridine rings is 1. The standard InChI is InChI=1S/C20H28N4O2/c25-19(22-26)15-11-14-6-10-23(13-17(14)21-12-15)18-5-8-20(18)7-1-2-9-24(20)16-3-4-16/h11-12,16,18,26H,1-10,13H2,(H,22,25)/t18-,20+/m1/s1. The van der Waals surface area contributed by atoms with Gasteiger partial charge in [0.15, 0.2) is 0 Å². The van der Waals surface area contributed by atoms with Crippen LogP contribution in [0.4, 0.5) is 0 Å². The number of nitrogens with one attached hydrogen (secondary N) is 1. The number of carbonyl (C=O) groups is 1. The number of amides is 1. The second-order valence-electron chi connectivity index (χ2n) is 8.53. The topological polar surface area (TPSA) is 68.7 Å². The maximum atomic E-state index is 11.6. The fourth-order valence-electron chi connectivity index (χ4n) is 5.66. The van der Waals surface area contributed by atoms with Gasteiger partial charge < -0.3 is 0 Å². The average Bonchev–Trinajstić information content (AvgIpc) is 3.51. The summed E-state index contributed by atoms with van der Waals surface area (Å²) in [5, 5.41) is 8.82. The molecule has 4 aliphatic rings. The van der Waals surface area contributed by atoms with E-state index in [0.717, 1.165) is 36.8 Å². The Bertz CT molecular complexity index is 720. The zero-order valence-electron chi connectivity index (χ0n) is 15.3. The minimum Gasteiger partial charge on any atom is -0.293 e. The van der Waals surface area contributed by atoms with Gasteiger partial charge in [0.1, 0.15) is 0 Å². The van der Waals surface area contributed by atoms with Crippen LogP contribution in [0.5, 0.6) is 0 Å². The van der Waals surface area contributed by atoms with Crippen LogP contribution in [-0.4, -0.2) is 56.6 Å². The molecule has 1 aromatic rings. The summed E-state index contributed by atoms with van der Waals surface area (Å²) in [5.74, 6) is -0.483. The predicted octanol–water partition coefficient (Wildman–Crippen LogP) is 2.11. The van der Waals surface area contributed by atoms with E-state index in [1.165, 1.54) is 51.5 Å². The summed E-state index contributed by atoms with van der Waals surface area (Å²) >= 11 is 0. The molecule has 3 heterocycles. The fourth-order valence-corrected chi connectivity index (χ4v) is 5.66. The second-order valence-corrected chi connectivity index (χ2v) is 8.53. The summed E-state index contributed by atoms with van der Waals surface area (Å²) < 4.78 is 0. The van der Waals surface area contributed by atoms with E-state index in [2.05, 4.69) is 14.8 Å². The van der Waals surface area contributed by atoms with Crippen molar-refractivity contribution in [1.82, 2.24) is 20.3 Å². The highest BCUT2D eigenvalue weighted by molar-refractivity contribution is 5.93. The molecule has 0 bridgehead atoms. The molecule has 6 heteroatoms. The van der Waals surface area contributed by atoms with Crippen molar-refractivity contribution in [1.29, 1.82) is 0 Å². The maximum absolute atomic E-state index is 11.6. The number of fused-ring (bicyclic) bond motifs is 1. The third-order valence-electron chi connectivity index (χ3n) is 7.17. The van der Waals surface area contributed by atoms with Crippen molar-refractivity contribution in [3.05, 3.63) is 29.1 Å². The highest BCUT2D eigenvalue weighted by atomic mass is 16.5. The van der Waals surface area contributed by atoms with Gasteiger partial charge in [0.2, 0.25) is 0 Å². The third kappa shape index (κ3) is 2.58. The van der Waals surface area contributed by atoms with Crippen LogP contribution in [0.25, 0.3) is 0 Å². The first kappa shape index (κ1) is 16.7. The van der Waals surface area contributed by atoms with E-state index in [-0.39, 0.29) is 0 Å². The van der Waals surface area contributed by atoms with E-state index >= 15 is 0 Å². The van der Waals surface area contributed by atoms with E-state index in [1.807, 2.05) is 6.07 Å². The van der Waals surface area contributed by atoms with Gasteiger partial charge in [-0.2, -0.15) is 0 Å². The van der Waals surface area contributed by atoms with Crippen molar-refractivity contribution in [2.24, 2.45) is 0 Å². The van der Waals surface area contributed by atoms with Crippen molar-refractivity contribution in [2.45, 2.75) is 75.5 Å². The third-order valence-corrected chi connectivity index (χ3v) is 7.17. The lowest BCUT2D eigenvalue weighted by Crippen LogP contribution is -2.70. The monoisotopic (exact) mass is 356 g/mol. The Labute approximate surface area is 154 Å². The number of rotatable bonds is 3. The van der Waals surface area contributed by atoms with Gasteiger partial charge >= 0.3 is 0 Å². The lowest BCUT2D eigenvalue weighted by Gasteiger charge is -2.62. The molecule has 1 amide bonds.